The van der Waals surface area contributed by atoms with Crippen molar-refractivity contribution in [1.82, 2.24) is 10.2 Å². The average Bonchev–Trinajstić information content (AvgIpc) is 2.75. The summed E-state index contributed by atoms with van der Waals surface area (Å²) in [5.41, 5.74) is 5.29. The van der Waals surface area contributed by atoms with E-state index >= 15 is 0 Å². The Morgan fingerprint density at radius 1 is 1.50 bits per heavy atom. The van der Waals surface area contributed by atoms with E-state index in [0.29, 0.717) is 0 Å². The minimum atomic E-state index is -0.128. The van der Waals surface area contributed by atoms with E-state index in [1.165, 1.54) is 6.42 Å². The summed E-state index contributed by atoms with van der Waals surface area (Å²) < 4.78 is 0. The molecule has 2 unspecified atom stereocenters. The predicted molar refractivity (Wildman–Crippen MR) is 54.7 cm³/mol. The molecule has 2 fully saturated rings. The van der Waals surface area contributed by atoms with Gasteiger partial charge in [-0.25, -0.2) is 0 Å². The summed E-state index contributed by atoms with van der Waals surface area (Å²) in [6, 6.07) is 0. The van der Waals surface area contributed by atoms with Gasteiger partial charge in [-0.1, -0.05) is 0 Å². The van der Waals surface area contributed by atoms with Crippen molar-refractivity contribution in [3.63, 3.8) is 0 Å². The fourth-order valence-electron chi connectivity index (χ4n) is 2.47. The van der Waals surface area contributed by atoms with Crippen LogP contribution in [-0.2, 0) is 4.79 Å². The molecule has 4 nitrogen and oxygen atoms in total. The summed E-state index contributed by atoms with van der Waals surface area (Å²) in [5.74, 6) is 0.753. The number of nitrogens with two attached hydrogens (primary N) is 1. The van der Waals surface area contributed by atoms with Gasteiger partial charge in [0.2, 0.25) is 5.91 Å². The second-order valence-corrected chi connectivity index (χ2v) is 4.51. The number of likely N-dealkylation sites (tertiary alicyclic amines) is 1. The van der Waals surface area contributed by atoms with E-state index < -0.39 is 0 Å². The maximum absolute atomic E-state index is 11.0. The number of amides is 1. The first kappa shape index (κ1) is 9.93. The van der Waals surface area contributed by atoms with Gasteiger partial charge >= 0.3 is 0 Å². The highest BCUT2D eigenvalue weighted by Gasteiger charge is 2.28. The van der Waals surface area contributed by atoms with Crippen LogP contribution in [0.2, 0.25) is 0 Å². The summed E-state index contributed by atoms with van der Waals surface area (Å²) in [7, 11) is 0. The van der Waals surface area contributed by atoms with Gasteiger partial charge in [0.1, 0.15) is 0 Å². The maximum Gasteiger partial charge on any atom is 0.221 e. The molecule has 4 heteroatoms. The number of carbonyl (C=O) groups excluding carboxylic acids is 1. The normalized spacial score (nSPS) is 33.7. The van der Waals surface area contributed by atoms with Crippen LogP contribution in [0.15, 0.2) is 0 Å². The maximum atomic E-state index is 11.0. The zero-order valence-corrected chi connectivity index (χ0v) is 8.54. The molecule has 0 aromatic heterocycles. The summed E-state index contributed by atoms with van der Waals surface area (Å²) in [5, 5.41) is 3.36. The third kappa shape index (κ3) is 2.25. The van der Waals surface area contributed by atoms with E-state index in [-0.39, 0.29) is 11.8 Å². The lowest BCUT2D eigenvalue weighted by atomic mass is 10.1. The van der Waals surface area contributed by atoms with Gasteiger partial charge in [-0.15, -0.1) is 0 Å². The molecule has 2 heterocycles. The molecule has 80 valence electrons. The number of nitrogens with one attached hydrogen (secondary N) is 1. The van der Waals surface area contributed by atoms with E-state index in [0.717, 1.165) is 45.1 Å². The average molecular weight is 197 g/mol. The lowest BCUT2D eigenvalue weighted by Crippen LogP contribution is -2.31. The van der Waals surface area contributed by atoms with Gasteiger partial charge < -0.3 is 16.0 Å². The van der Waals surface area contributed by atoms with Gasteiger partial charge in [0.05, 0.1) is 5.92 Å². The Bertz CT molecular complexity index is 213. The molecule has 0 aromatic rings. The molecule has 14 heavy (non-hydrogen) atoms. The Balaban J connectivity index is 1.75. The van der Waals surface area contributed by atoms with E-state index in [4.69, 9.17) is 5.73 Å². The van der Waals surface area contributed by atoms with Crippen molar-refractivity contribution in [3.05, 3.63) is 0 Å². The van der Waals surface area contributed by atoms with Crippen molar-refractivity contribution >= 4 is 5.91 Å². The van der Waals surface area contributed by atoms with Crippen LogP contribution in [0.25, 0.3) is 0 Å². The molecule has 0 aromatic carbocycles. The van der Waals surface area contributed by atoms with Gasteiger partial charge in [-0.3, -0.25) is 4.79 Å². The summed E-state index contributed by atoms with van der Waals surface area (Å²) in [4.78, 5) is 13.3. The molecule has 1 amide bonds. The van der Waals surface area contributed by atoms with Crippen molar-refractivity contribution < 1.29 is 4.79 Å². The first-order valence-electron chi connectivity index (χ1n) is 5.48. The Hall–Kier alpha value is -0.610. The lowest BCUT2D eigenvalue weighted by molar-refractivity contribution is -0.121. The van der Waals surface area contributed by atoms with Crippen molar-refractivity contribution in [2.24, 2.45) is 17.6 Å². The molecule has 0 aliphatic carbocycles. The van der Waals surface area contributed by atoms with Crippen LogP contribution in [0.1, 0.15) is 12.8 Å². The van der Waals surface area contributed by atoms with Crippen molar-refractivity contribution in [1.29, 1.82) is 0 Å². The standard InChI is InChI=1S/C10H19N3O/c11-10(14)9-2-4-13(7-9)6-8-1-3-12-5-8/h8-9,12H,1-7H2,(H2,11,14). The van der Waals surface area contributed by atoms with Gasteiger partial charge in [0.15, 0.2) is 0 Å². The second-order valence-electron chi connectivity index (χ2n) is 4.51. The number of hydrogen-bond donors (Lipinski definition) is 2. The number of primary amides is 1. The van der Waals surface area contributed by atoms with E-state index in [2.05, 4.69) is 10.2 Å². The van der Waals surface area contributed by atoms with Crippen LogP contribution in [0, 0.1) is 11.8 Å². The zero-order valence-electron chi connectivity index (χ0n) is 8.54. The van der Waals surface area contributed by atoms with Gasteiger partial charge in [-0.2, -0.15) is 0 Å². The van der Waals surface area contributed by atoms with E-state index in [9.17, 15) is 4.79 Å². The van der Waals surface area contributed by atoms with Crippen LogP contribution in [-0.4, -0.2) is 43.5 Å². The topological polar surface area (TPSA) is 58.4 Å². The first-order chi connectivity index (χ1) is 6.75. The summed E-state index contributed by atoms with van der Waals surface area (Å²) >= 11 is 0. The Labute approximate surface area is 84.8 Å². The van der Waals surface area contributed by atoms with Crippen molar-refractivity contribution in [2.75, 3.05) is 32.7 Å². The van der Waals surface area contributed by atoms with Gasteiger partial charge in [0, 0.05) is 13.1 Å². The summed E-state index contributed by atoms with van der Waals surface area (Å²) in [6.45, 7) is 5.35. The molecular formula is C10H19N3O. The number of rotatable bonds is 3. The fourth-order valence-corrected chi connectivity index (χ4v) is 2.47. The molecule has 0 spiro atoms. The molecule has 2 atom stereocenters. The van der Waals surface area contributed by atoms with E-state index in [1.807, 2.05) is 0 Å². The molecule has 2 rings (SSSR count). The number of carbonyl (C=O) groups is 1. The fraction of sp³-hybridized carbons (Fsp3) is 0.900. The molecule has 0 radical (unpaired) electrons. The third-order valence-corrected chi connectivity index (χ3v) is 3.35. The predicted octanol–water partition coefficient (Wildman–Crippen LogP) is -0.597. The second kappa shape index (κ2) is 4.28. The molecule has 2 saturated heterocycles. The number of nitrogens with zero attached hydrogens (tertiary/aromatic N) is 1. The molecule has 0 bridgehead atoms. The minimum Gasteiger partial charge on any atom is -0.369 e. The molecule has 0 saturated carbocycles. The summed E-state index contributed by atoms with van der Waals surface area (Å²) in [6.07, 6.45) is 2.23. The Morgan fingerprint density at radius 2 is 2.36 bits per heavy atom. The molecular weight excluding hydrogens is 178 g/mol. The van der Waals surface area contributed by atoms with Crippen LogP contribution < -0.4 is 11.1 Å². The highest BCUT2D eigenvalue weighted by Crippen LogP contribution is 2.18. The van der Waals surface area contributed by atoms with E-state index in [1.54, 1.807) is 0 Å². The minimum absolute atomic E-state index is 0.101. The molecule has 2 aliphatic rings. The van der Waals surface area contributed by atoms with Gasteiger partial charge in [0.25, 0.3) is 0 Å². The third-order valence-electron chi connectivity index (χ3n) is 3.35. The smallest absolute Gasteiger partial charge is 0.221 e. The zero-order chi connectivity index (χ0) is 9.97. The van der Waals surface area contributed by atoms with Crippen LogP contribution in [0.5, 0.6) is 0 Å². The highest BCUT2D eigenvalue weighted by atomic mass is 16.1. The quantitative estimate of drug-likeness (QED) is 0.635. The van der Waals surface area contributed by atoms with Crippen molar-refractivity contribution in [3.8, 4) is 0 Å². The molecule has 3 N–H and O–H groups in total. The first-order valence-corrected chi connectivity index (χ1v) is 5.48. The Kier molecular flexibility index (Phi) is 3.03. The van der Waals surface area contributed by atoms with Crippen LogP contribution in [0.4, 0.5) is 0 Å². The molecule has 2 aliphatic heterocycles. The lowest BCUT2D eigenvalue weighted by Gasteiger charge is -2.19. The van der Waals surface area contributed by atoms with Crippen molar-refractivity contribution in [2.45, 2.75) is 12.8 Å². The Morgan fingerprint density at radius 3 is 2.93 bits per heavy atom. The largest absolute Gasteiger partial charge is 0.369 e. The SMILES string of the molecule is NC(=O)C1CCN(CC2CCNC2)C1. The number of hydrogen-bond acceptors (Lipinski definition) is 3. The monoisotopic (exact) mass is 197 g/mol. The van der Waals surface area contributed by atoms with Gasteiger partial charge in [-0.05, 0) is 38.4 Å². The highest BCUT2D eigenvalue weighted by molar-refractivity contribution is 5.77. The van der Waals surface area contributed by atoms with Crippen LogP contribution >= 0.6 is 0 Å². The van der Waals surface area contributed by atoms with Crippen LogP contribution in [0.3, 0.4) is 0 Å².